The Hall–Kier alpha value is -3.97. The van der Waals surface area contributed by atoms with Gasteiger partial charge in [-0.1, -0.05) is 59.7 Å². The topological polar surface area (TPSA) is 59.1 Å². The second-order valence-corrected chi connectivity index (χ2v) is 15.5. The molecule has 2 heterocycles. The van der Waals surface area contributed by atoms with Crippen LogP contribution >= 0.6 is 0 Å². The van der Waals surface area contributed by atoms with E-state index in [1.54, 1.807) is 24.3 Å². The number of sulfone groups is 1. The van der Waals surface area contributed by atoms with E-state index in [-0.39, 0.29) is 20.6 Å². The minimum absolute atomic E-state index is 0.0506. The molecule has 7 heteroatoms. The maximum atomic E-state index is 13.5. The van der Waals surface area contributed by atoms with Crippen molar-refractivity contribution in [3.05, 3.63) is 107 Å². The Morgan fingerprint density at radius 3 is 1.56 bits per heavy atom. The molecule has 0 aliphatic carbocycles. The molecule has 0 unspecified atom stereocenters. The summed E-state index contributed by atoms with van der Waals surface area (Å²) in [6, 6.07) is 27.0. The molecule has 0 N–H and O–H groups in total. The number of fused-ring (bicyclic) bond motifs is 2. The van der Waals surface area contributed by atoms with Crippen LogP contribution in [0.15, 0.2) is 94.7 Å². The Morgan fingerprint density at radius 1 is 0.558 bits per heavy atom. The second kappa shape index (κ2) is 10.6. The van der Waals surface area contributed by atoms with Gasteiger partial charge in [-0.3, -0.25) is 0 Å². The molecule has 43 heavy (non-hydrogen) atoms. The number of hydrogen-bond acceptors (Lipinski definition) is 6. The monoisotopic (exact) mass is 596 g/mol. The summed E-state index contributed by atoms with van der Waals surface area (Å²) in [7, 11) is -3.67. The fraction of sp³-hybridized carbons (Fsp3) is 0.333. The number of ether oxygens (including phenoxy) is 2. The van der Waals surface area contributed by atoms with Crippen molar-refractivity contribution in [2.75, 3.05) is 23.3 Å². The van der Waals surface area contributed by atoms with Crippen molar-refractivity contribution in [2.45, 2.75) is 75.3 Å². The number of nitrogens with zero attached hydrogens (tertiary/aromatic N) is 2. The van der Waals surface area contributed by atoms with E-state index >= 15 is 0 Å². The molecule has 0 spiro atoms. The number of benzene rings is 4. The van der Waals surface area contributed by atoms with E-state index in [4.69, 9.17) is 9.47 Å². The SMILES string of the molecule is CC(C)(C)c1ccc2c(c1)CN(c1ccc(S(=O)(=O)c3ccc(N4COc5cc(C(C)(C)C)ccc5C4)cc3)cc1)CO2. The van der Waals surface area contributed by atoms with Crippen LogP contribution in [0, 0.1) is 0 Å². The van der Waals surface area contributed by atoms with Crippen LogP contribution in [0.25, 0.3) is 0 Å². The van der Waals surface area contributed by atoms with Gasteiger partial charge in [0.15, 0.2) is 13.5 Å². The van der Waals surface area contributed by atoms with Crippen molar-refractivity contribution in [3.8, 4) is 11.5 Å². The van der Waals surface area contributed by atoms with Crippen LogP contribution in [0.3, 0.4) is 0 Å². The van der Waals surface area contributed by atoms with Crippen molar-refractivity contribution in [1.29, 1.82) is 0 Å². The van der Waals surface area contributed by atoms with Gasteiger partial charge in [0, 0.05) is 35.6 Å². The maximum absolute atomic E-state index is 13.5. The third-order valence-corrected chi connectivity index (χ3v) is 10.1. The highest BCUT2D eigenvalue weighted by Crippen LogP contribution is 2.35. The normalized spacial score (nSPS) is 15.3. The van der Waals surface area contributed by atoms with Crippen LogP contribution in [0.2, 0.25) is 0 Å². The van der Waals surface area contributed by atoms with E-state index in [0.29, 0.717) is 26.6 Å². The molecule has 0 saturated carbocycles. The molecule has 2 aliphatic rings. The van der Waals surface area contributed by atoms with Gasteiger partial charge in [0.2, 0.25) is 9.84 Å². The van der Waals surface area contributed by atoms with Crippen LogP contribution in [-0.4, -0.2) is 21.9 Å². The van der Waals surface area contributed by atoms with Crippen LogP contribution in [0.5, 0.6) is 11.5 Å². The zero-order chi connectivity index (χ0) is 30.6. The molecule has 4 aromatic rings. The van der Waals surface area contributed by atoms with Gasteiger partial charge in [0.1, 0.15) is 11.5 Å². The fourth-order valence-corrected chi connectivity index (χ4v) is 6.79. The fourth-order valence-electron chi connectivity index (χ4n) is 5.53. The molecule has 0 radical (unpaired) electrons. The lowest BCUT2D eigenvalue weighted by Gasteiger charge is -2.32. The average Bonchev–Trinajstić information content (AvgIpc) is 2.99. The molecule has 224 valence electrons. The number of hydrogen-bond donors (Lipinski definition) is 0. The van der Waals surface area contributed by atoms with Gasteiger partial charge in [0.05, 0.1) is 9.79 Å². The predicted molar refractivity (Wildman–Crippen MR) is 172 cm³/mol. The molecule has 0 atom stereocenters. The third-order valence-electron chi connectivity index (χ3n) is 8.36. The zero-order valence-electron chi connectivity index (χ0n) is 25.8. The molecular weight excluding hydrogens is 556 g/mol. The summed E-state index contributed by atoms with van der Waals surface area (Å²) in [6.45, 7) is 15.4. The maximum Gasteiger partial charge on any atom is 0.206 e. The second-order valence-electron chi connectivity index (χ2n) is 13.6. The molecule has 2 aliphatic heterocycles. The Morgan fingerprint density at radius 2 is 1.02 bits per heavy atom. The summed E-state index contributed by atoms with van der Waals surface area (Å²) >= 11 is 0. The lowest BCUT2D eigenvalue weighted by Crippen LogP contribution is -2.32. The molecule has 0 fully saturated rings. The minimum Gasteiger partial charge on any atom is -0.473 e. The highest BCUT2D eigenvalue weighted by atomic mass is 32.2. The number of anilines is 2. The number of rotatable bonds is 4. The summed E-state index contributed by atoms with van der Waals surface area (Å²) in [4.78, 5) is 4.75. The van der Waals surface area contributed by atoms with Crippen LogP contribution in [0.4, 0.5) is 11.4 Å². The van der Waals surface area contributed by atoms with E-state index < -0.39 is 9.84 Å². The Bertz CT molecular complexity index is 1750. The van der Waals surface area contributed by atoms with Gasteiger partial charge in [-0.25, -0.2) is 8.42 Å². The van der Waals surface area contributed by atoms with Gasteiger partial charge in [0.25, 0.3) is 0 Å². The smallest absolute Gasteiger partial charge is 0.206 e. The van der Waals surface area contributed by atoms with Gasteiger partial charge < -0.3 is 19.3 Å². The Balaban J connectivity index is 1.15. The molecule has 4 aromatic carbocycles. The molecular formula is C36H40N2O4S. The van der Waals surface area contributed by atoms with Crippen molar-refractivity contribution in [2.24, 2.45) is 0 Å². The summed E-state index contributed by atoms with van der Waals surface area (Å²) in [5.74, 6) is 1.82. The minimum atomic E-state index is -3.67. The lowest BCUT2D eigenvalue weighted by atomic mass is 9.86. The predicted octanol–water partition coefficient (Wildman–Crippen LogP) is 7.83. The van der Waals surface area contributed by atoms with Crippen molar-refractivity contribution in [3.63, 3.8) is 0 Å². The van der Waals surface area contributed by atoms with Gasteiger partial charge in [-0.05, 0) is 88.7 Å². The molecule has 6 nitrogen and oxygen atoms in total. The van der Waals surface area contributed by atoms with Gasteiger partial charge in [-0.2, -0.15) is 0 Å². The van der Waals surface area contributed by atoms with E-state index in [9.17, 15) is 8.42 Å². The molecule has 0 bridgehead atoms. The Labute approximate surface area is 255 Å². The first-order valence-corrected chi connectivity index (χ1v) is 16.2. The standard InChI is InChI=1S/C36H40N2O4S/c1-35(2,3)27-9-18-33-26(19-27)22-38(23-41-33)30-12-16-32(17-13-30)43(39,40)31-14-10-29(11-15-31)37-21-25-7-8-28(36(4,5)6)20-34(25)42-24-37/h7-20H,21-24H2,1-6H3. The van der Waals surface area contributed by atoms with Gasteiger partial charge >= 0.3 is 0 Å². The highest BCUT2D eigenvalue weighted by Gasteiger charge is 2.25. The first-order valence-electron chi connectivity index (χ1n) is 14.8. The van der Waals surface area contributed by atoms with Crippen molar-refractivity contribution in [1.82, 2.24) is 0 Å². The van der Waals surface area contributed by atoms with Crippen molar-refractivity contribution >= 4 is 21.2 Å². The molecule has 0 amide bonds. The first kappa shape index (κ1) is 29.1. The van der Waals surface area contributed by atoms with Crippen LogP contribution < -0.4 is 19.3 Å². The first-order chi connectivity index (χ1) is 20.3. The summed E-state index contributed by atoms with van der Waals surface area (Å²) < 4.78 is 39.1. The highest BCUT2D eigenvalue weighted by molar-refractivity contribution is 7.91. The quantitative estimate of drug-likeness (QED) is 0.239. The van der Waals surface area contributed by atoms with E-state index in [1.807, 2.05) is 30.3 Å². The van der Waals surface area contributed by atoms with Gasteiger partial charge in [-0.15, -0.1) is 0 Å². The summed E-state index contributed by atoms with van der Waals surface area (Å²) in [6.07, 6.45) is 0. The summed E-state index contributed by atoms with van der Waals surface area (Å²) in [5, 5.41) is 0. The zero-order valence-corrected chi connectivity index (χ0v) is 26.7. The lowest BCUT2D eigenvalue weighted by molar-refractivity contribution is 0.288. The van der Waals surface area contributed by atoms with E-state index in [0.717, 1.165) is 34.0 Å². The van der Waals surface area contributed by atoms with Crippen LogP contribution in [0.1, 0.15) is 63.8 Å². The van der Waals surface area contributed by atoms with E-state index in [2.05, 4.69) is 81.7 Å². The average molecular weight is 597 g/mol. The molecule has 0 saturated heterocycles. The molecule has 6 rings (SSSR count). The Kier molecular flexibility index (Phi) is 7.20. The van der Waals surface area contributed by atoms with E-state index in [1.165, 1.54) is 11.1 Å². The third kappa shape index (κ3) is 5.83. The molecule has 0 aromatic heterocycles. The summed E-state index contributed by atoms with van der Waals surface area (Å²) in [5.41, 5.74) is 6.70. The van der Waals surface area contributed by atoms with Crippen LogP contribution in [-0.2, 0) is 33.8 Å². The largest absolute Gasteiger partial charge is 0.473 e. The van der Waals surface area contributed by atoms with Crippen molar-refractivity contribution < 1.29 is 17.9 Å².